The molecule has 6 nitrogen and oxygen atoms in total. The van der Waals surface area contributed by atoms with E-state index in [2.05, 4.69) is 15.5 Å². The molecule has 0 amide bonds. The smallest absolute Gasteiger partial charge is 0.344 e. The number of hydrogen-bond acceptors (Lipinski definition) is 5. The molecule has 1 aromatic rings. The number of H-pyrrole nitrogens is 1. The Bertz CT molecular complexity index is 388. The van der Waals surface area contributed by atoms with Crippen LogP contribution in [0.1, 0.15) is 26.8 Å². The van der Waals surface area contributed by atoms with Crippen LogP contribution in [0.2, 0.25) is 0 Å². The molecule has 0 aliphatic carbocycles. The van der Waals surface area contributed by atoms with Crippen LogP contribution >= 0.6 is 11.8 Å². The van der Waals surface area contributed by atoms with Crippen molar-refractivity contribution in [3.05, 3.63) is 10.5 Å². The molecule has 98 valence electrons. The molecule has 17 heavy (non-hydrogen) atoms. The maximum atomic E-state index is 11.5. The molecule has 0 fully saturated rings. The van der Waals surface area contributed by atoms with Crippen molar-refractivity contribution in [2.24, 2.45) is 0 Å². The summed E-state index contributed by atoms with van der Waals surface area (Å²) in [6.45, 7) is 7.23. The highest BCUT2D eigenvalue weighted by molar-refractivity contribution is 7.99. The number of nitrogens with zero attached hydrogens (tertiary/aromatic N) is 2. The van der Waals surface area contributed by atoms with E-state index in [9.17, 15) is 9.90 Å². The monoisotopic (exact) mass is 260 g/mol. The first-order valence-electron chi connectivity index (χ1n) is 5.74. The highest BCUT2D eigenvalue weighted by Crippen LogP contribution is 2.17. The molecule has 0 radical (unpaired) electrons. The lowest BCUT2D eigenvalue weighted by molar-refractivity contribution is 0.196. The van der Waals surface area contributed by atoms with Crippen LogP contribution in [0.3, 0.4) is 0 Å². The molecule has 0 spiro atoms. The minimum atomic E-state index is -0.438. The number of likely N-dealkylation sites (N-methyl/N-ethyl adjacent to an activating group) is 1. The van der Waals surface area contributed by atoms with Gasteiger partial charge in [-0.05, 0) is 20.4 Å². The first-order chi connectivity index (χ1) is 8.06. The molecule has 3 N–H and O–H groups in total. The van der Waals surface area contributed by atoms with Crippen molar-refractivity contribution >= 4 is 11.8 Å². The van der Waals surface area contributed by atoms with Crippen molar-refractivity contribution in [2.45, 2.75) is 38.1 Å². The molecule has 0 aliphatic heterocycles. The van der Waals surface area contributed by atoms with Crippen molar-refractivity contribution in [3.63, 3.8) is 0 Å². The lowest BCUT2D eigenvalue weighted by Crippen LogP contribution is -2.28. The number of rotatable bonds is 7. The summed E-state index contributed by atoms with van der Waals surface area (Å²) < 4.78 is 1.59. The normalized spacial score (nSPS) is 13.2. The Hall–Kier alpha value is -0.790. The fraction of sp³-hybridized carbons (Fsp3) is 0.800. The fourth-order valence-corrected chi connectivity index (χ4v) is 2.39. The fourth-order valence-electron chi connectivity index (χ4n) is 1.39. The van der Waals surface area contributed by atoms with Gasteiger partial charge in [0.25, 0.3) is 0 Å². The van der Waals surface area contributed by atoms with Crippen LogP contribution in [0.5, 0.6) is 0 Å². The van der Waals surface area contributed by atoms with Crippen LogP contribution in [0.25, 0.3) is 0 Å². The van der Waals surface area contributed by atoms with E-state index in [0.717, 1.165) is 6.54 Å². The Balaban J connectivity index is 2.54. The molecule has 1 aromatic heterocycles. The van der Waals surface area contributed by atoms with Crippen LogP contribution in [0, 0.1) is 0 Å². The Morgan fingerprint density at radius 2 is 2.29 bits per heavy atom. The summed E-state index contributed by atoms with van der Waals surface area (Å²) in [4.78, 5) is 11.5. The van der Waals surface area contributed by atoms with Crippen LogP contribution < -0.4 is 11.0 Å². The summed E-state index contributed by atoms with van der Waals surface area (Å²) in [5.41, 5.74) is -0.205. The first kappa shape index (κ1) is 14.3. The van der Waals surface area contributed by atoms with E-state index in [-0.39, 0.29) is 11.7 Å². The van der Waals surface area contributed by atoms with E-state index in [1.165, 1.54) is 11.8 Å². The second-order valence-corrected chi connectivity index (χ2v) is 5.03. The first-order valence-corrected chi connectivity index (χ1v) is 6.73. The molecule has 0 bridgehead atoms. The van der Waals surface area contributed by atoms with Gasteiger partial charge < -0.3 is 10.4 Å². The van der Waals surface area contributed by atoms with E-state index in [1.54, 1.807) is 4.57 Å². The summed E-state index contributed by atoms with van der Waals surface area (Å²) in [5.74, 6) is 0.518. The number of hydrogen-bond donors (Lipinski definition) is 3. The molecule has 1 unspecified atom stereocenters. The molecule has 7 heteroatoms. The third kappa shape index (κ3) is 4.18. The molecule has 1 rings (SSSR count). The summed E-state index contributed by atoms with van der Waals surface area (Å²) in [7, 11) is 0. The highest BCUT2D eigenvalue weighted by atomic mass is 32.2. The largest absolute Gasteiger partial charge is 0.391 e. The van der Waals surface area contributed by atoms with Crippen LogP contribution in [-0.2, 0) is 0 Å². The van der Waals surface area contributed by atoms with Crippen molar-refractivity contribution < 1.29 is 5.11 Å². The molecule has 0 saturated carbocycles. The van der Waals surface area contributed by atoms with Gasteiger partial charge in [-0.2, -0.15) is 0 Å². The number of aliphatic hydroxyl groups is 1. The lowest BCUT2D eigenvalue weighted by Gasteiger charge is -2.11. The molecule has 0 saturated heterocycles. The van der Waals surface area contributed by atoms with Crippen LogP contribution in [0.4, 0.5) is 0 Å². The Morgan fingerprint density at radius 3 is 2.88 bits per heavy atom. The number of aromatic amines is 1. The molecule has 1 atom stereocenters. The minimum Gasteiger partial charge on any atom is -0.391 e. The van der Waals surface area contributed by atoms with E-state index in [0.29, 0.717) is 17.5 Å². The van der Waals surface area contributed by atoms with Crippen LogP contribution in [0.15, 0.2) is 9.95 Å². The van der Waals surface area contributed by atoms with Crippen molar-refractivity contribution in [3.8, 4) is 0 Å². The molecular formula is C10H20N4O2S. The van der Waals surface area contributed by atoms with Crippen molar-refractivity contribution in [1.82, 2.24) is 20.1 Å². The van der Waals surface area contributed by atoms with Gasteiger partial charge in [-0.1, -0.05) is 18.7 Å². The van der Waals surface area contributed by atoms with Gasteiger partial charge in [-0.15, -0.1) is 5.10 Å². The van der Waals surface area contributed by atoms with Gasteiger partial charge in [0.1, 0.15) is 0 Å². The third-order valence-electron chi connectivity index (χ3n) is 2.22. The molecule has 0 aliphatic rings. The topological polar surface area (TPSA) is 82.9 Å². The SMILES string of the molecule is CCNCC(O)CSc1n[nH]c(=O)n1C(C)C. The van der Waals surface area contributed by atoms with E-state index < -0.39 is 6.10 Å². The predicted molar refractivity (Wildman–Crippen MR) is 68.5 cm³/mol. The average Bonchev–Trinajstić information content (AvgIpc) is 2.65. The van der Waals surface area contributed by atoms with Gasteiger partial charge >= 0.3 is 5.69 Å². The third-order valence-corrected chi connectivity index (χ3v) is 3.32. The Labute approximate surface area is 105 Å². The van der Waals surface area contributed by atoms with Gasteiger partial charge in [0.2, 0.25) is 0 Å². The zero-order chi connectivity index (χ0) is 12.8. The molecule has 1 heterocycles. The Kier molecular flexibility index (Phi) is 5.73. The van der Waals surface area contributed by atoms with Gasteiger partial charge in [-0.25, -0.2) is 9.89 Å². The Morgan fingerprint density at radius 1 is 1.59 bits per heavy atom. The molecular weight excluding hydrogens is 240 g/mol. The highest BCUT2D eigenvalue weighted by Gasteiger charge is 2.13. The number of nitrogens with one attached hydrogen (secondary N) is 2. The number of aliphatic hydroxyl groups excluding tert-OH is 1. The van der Waals surface area contributed by atoms with Crippen molar-refractivity contribution in [2.75, 3.05) is 18.8 Å². The summed E-state index contributed by atoms with van der Waals surface area (Å²) in [6.07, 6.45) is -0.438. The number of thioether (sulfide) groups is 1. The zero-order valence-corrected chi connectivity index (χ0v) is 11.3. The van der Waals surface area contributed by atoms with Crippen molar-refractivity contribution in [1.29, 1.82) is 0 Å². The van der Waals surface area contributed by atoms with Gasteiger partial charge in [0, 0.05) is 18.3 Å². The summed E-state index contributed by atoms with van der Waals surface area (Å²) in [6, 6.07) is 0.0645. The zero-order valence-electron chi connectivity index (χ0n) is 10.4. The van der Waals surface area contributed by atoms with Crippen LogP contribution in [-0.4, -0.2) is 44.8 Å². The predicted octanol–water partition coefficient (Wildman–Crippen LogP) is 0.215. The summed E-state index contributed by atoms with van der Waals surface area (Å²) >= 11 is 1.39. The van der Waals surface area contributed by atoms with E-state index in [4.69, 9.17) is 0 Å². The second kappa shape index (κ2) is 6.83. The quantitative estimate of drug-likeness (QED) is 0.611. The number of aromatic nitrogens is 3. The maximum Gasteiger partial charge on any atom is 0.344 e. The summed E-state index contributed by atoms with van der Waals surface area (Å²) in [5, 5.41) is 19.7. The standard InChI is InChI=1S/C10H20N4O2S/c1-4-11-5-8(15)6-17-10-13-12-9(16)14(10)7(2)3/h7-8,11,15H,4-6H2,1-3H3,(H,12,16). The van der Waals surface area contributed by atoms with Gasteiger partial charge in [0.15, 0.2) is 5.16 Å². The second-order valence-electron chi connectivity index (χ2n) is 4.05. The van der Waals surface area contributed by atoms with Gasteiger partial charge in [-0.3, -0.25) is 4.57 Å². The van der Waals surface area contributed by atoms with E-state index in [1.807, 2.05) is 20.8 Å². The molecule has 0 aromatic carbocycles. The minimum absolute atomic E-state index is 0.0645. The maximum absolute atomic E-state index is 11.5. The van der Waals surface area contributed by atoms with E-state index >= 15 is 0 Å². The van der Waals surface area contributed by atoms with Gasteiger partial charge in [0.05, 0.1) is 6.10 Å². The average molecular weight is 260 g/mol. The lowest BCUT2D eigenvalue weighted by atomic mass is 10.4.